The van der Waals surface area contributed by atoms with E-state index in [9.17, 15) is 13.2 Å². The molecular formula is C13H14ClNO4S2. The van der Waals surface area contributed by atoms with Crippen molar-refractivity contribution < 1.29 is 18.3 Å². The molecule has 0 spiro atoms. The SMILES string of the molecule is Cc1cc(S(=O)(=O)N2CCCC(C#CC(=O)O)C2)sc1Cl. The van der Waals surface area contributed by atoms with Crippen LogP contribution in [0.25, 0.3) is 0 Å². The van der Waals surface area contributed by atoms with Gasteiger partial charge in [-0.25, -0.2) is 13.2 Å². The zero-order chi connectivity index (χ0) is 15.6. The van der Waals surface area contributed by atoms with Crippen molar-refractivity contribution in [2.24, 2.45) is 5.92 Å². The van der Waals surface area contributed by atoms with Gasteiger partial charge >= 0.3 is 5.97 Å². The molecule has 1 saturated heterocycles. The molecule has 1 N–H and O–H groups in total. The Balaban J connectivity index is 2.21. The number of hydrogen-bond acceptors (Lipinski definition) is 4. The average Bonchev–Trinajstić information content (AvgIpc) is 2.77. The lowest BCUT2D eigenvalue weighted by Crippen LogP contribution is -2.39. The van der Waals surface area contributed by atoms with E-state index in [1.807, 2.05) is 0 Å². The van der Waals surface area contributed by atoms with E-state index >= 15 is 0 Å². The molecule has 0 aromatic carbocycles. The van der Waals surface area contributed by atoms with Crippen LogP contribution in [-0.4, -0.2) is 36.9 Å². The Morgan fingerprint density at radius 1 is 1.57 bits per heavy atom. The van der Waals surface area contributed by atoms with E-state index in [4.69, 9.17) is 16.7 Å². The van der Waals surface area contributed by atoms with Crippen molar-refractivity contribution in [3.8, 4) is 11.8 Å². The van der Waals surface area contributed by atoms with Gasteiger partial charge in [0.2, 0.25) is 0 Å². The third-order valence-corrected chi connectivity index (χ3v) is 7.07. The maximum absolute atomic E-state index is 12.5. The zero-order valence-corrected chi connectivity index (χ0v) is 13.7. The lowest BCUT2D eigenvalue weighted by molar-refractivity contribution is -0.130. The molecule has 1 fully saturated rings. The molecule has 0 radical (unpaired) electrons. The molecule has 2 rings (SSSR count). The van der Waals surface area contributed by atoms with Crippen LogP contribution in [0.1, 0.15) is 18.4 Å². The quantitative estimate of drug-likeness (QED) is 0.832. The van der Waals surface area contributed by atoms with Gasteiger partial charge in [-0.2, -0.15) is 4.31 Å². The number of carbonyl (C=O) groups is 1. The average molecular weight is 348 g/mol. The first-order chi connectivity index (χ1) is 9.80. The summed E-state index contributed by atoms with van der Waals surface area (Å²) in [6.07, 6.45) is 1.37. The van der Waals surface area contributed by atoms with Gasteiger partial charge in [0, 0.05) is 24.9 Å². The Hall–Kier alpha value is -1.07. The summed E-state index contributed by atoms with van der Waals surface area (Å²) in [5, 5.41) is 8.56. The molecule has 0 amide bonds. The molecule has 1 atom stereocenters. The molecule has 1 aromatic rings. The Morgan fingerprint density at radius 3 is 2.86 bits per heavy atom. The van der Waals surface area contributed by atoms with Crippen LogP contribution >= 0.6 is 22.9 Å². The molecule has 114 valence electrons. The van der Waals surface area contributed by atoms with Gasteiger partial charge in [-0.1, -0.05) is 17.5 Å². The highest BCUT2D eigenvalue weighted by atomic mass is 35.5. The lowest BCUT2D eigenvalue weighted by atomic mass is 10.0. The fourth-order valence-electron chi connectivity index (χ4n) is 2.13. The molecule has 8 heteroatoms. The molecule has 5 nitrogen and oxygen atoms in total. The van der Waals surface area contributed by atoms with Crippen LogP contribution in [0, 0.1) is 24.7 Å². The fourth-order valence-corrected chi connectivity index (χ4v) is 5.52. The number of hydrogen-bond donors (Lipinski definition) is 1. The van der Waals surface area contributed by atoms with E-state index in [1.54, 1.807) is 13.0 Å². The number of thiophene rings is 1. The third kappa shape index (κ3) is 3.77. The molecule has 0 bridgehead atoms. The van der Waals surface area contributed by atoms with E-state index < -0.39 is 16.0 Å². The molecule has 1 aromatic heterocycles. The van der Waals surface area contributed by atoms with Crippen molar-refractivity contribution in [2.75, 3.05) is 13.1 Å². The summed E-state index contributed by atoms with van der Waals surface area (Å²) in [5.41, 5.74) is 0.736. The van der Waals surface area contributed by atoms with Crippen LogP contribution < -0.4 is 0 Å². The first-order valence-corrected chi connectivity index (χ1v) is 8.94. The Labute approximate surface area is 132 Å². The summed E-state index contributed by atoms with van der Waals surface area (Å²) in [6.45, 7) is 2.40. The predicted octanol–water partition coefficient (Wildman–Crippen LogP) is 2.20. The van der Waals surface area contributed by atoms with Crippen LogP contribution in [0.2, 0.25) is 4.34 Å². The van der Waals surface area contributed by atoms with Crippen molar-refractivity contribution >= 4 is 38.9 Å². The fraction of sp³-hybridized carbons (Fsp3) is 0.462. The minimum Gasteiger partial charge on any atom is -0.472 e. The van der Waals surface area contributed by atoms with Gasteiger partial charge < -0.3 is 5.11 Å². The van der Waals surface area contributed by atoms with Crippen LogP contribution in [0.5, 0.6) is 0 Å². The number of nitrogens with zero attached hydrogens (tertiary/aromatic N) is 1. The van der Waals surface area contributed by atoms with Crippen LogP contribution in [0.3, 0.4) is 0 Å². The van der Waals surface area contributed by atoms with Crippen molar-refractivity contribution in [3.05, 3.63) is 16.0 Å². The minimum atomic E-state index is -3.58. The molecule has 1 aliphatic heterocycles. The summed E-state index contributed by atoms with van der Waals surface area (Å²) in [6, 6.07) is 1.56. The maximum Gasteiger partial charge on any atom is 0.381 e. The summed E-state index contributed by atoms with van der Waals surface area (Å²) in [5.74, 6) is 3.23. The van der Waals surface area contributed by atoms with E-state index in [0.29, 0.717) is 23.7 Å². The van der Waals surface area contributed by atoms with Crippen molar-refractivity contribution in [2.45, 2.75) is 24.0 Å². The number of aryl methyl sites for hydroxylation is 1. The lowest BCUT2D eigenvalue weighted by Gasteiger charge is -2.28. The Morgan fingerprint density at radius 2 is 2.29 bits per heavy atom. The van der Waals surface area contributed by atoms with Gasteiger partial charge in [0.15, 0.2) is 0 Å². The number of sulfonamides is 1. The predicted molar refractivity (Wildman–Crippen MR) is 81.0 cm³/mol. The van der Waals surface area contributed by atoms with Crippen molar-refractivity contribution in [3.63, 3.8) is 0 Å². The van der Waals surface area contributed by atoms with E-state index in [2.05, 4.69) is 11.8 Å². The largest absolute Gasteiger partial charge is 0.472 e. The number of piperidine rings is 1. The van der Waals surface area contributed by atoms with Crippen LogP contribution in [0.15, 0.2) is 10.3 Å². The minimum absolute atomic E-state index is 0.219. The molecule has 0 saturated carbocycles. The highest BCUT2D eigenvalue weighted by Gasteiger charge is 2.31. The number of carboxylic acid groups (broad SMARTS) is 1. The first-order valence-electron chi connectivity index (χ1n) is 6.31. The van der Waals surface area contributed by atoms with E-state index in [0.717, 1.165) is 16.9 Å². The van der Waals surface area contributed by atoms with Crippen molar-refractivity contribution in [1.29, 1.82) is 0 Å². The zero-order valence-electron chi connectivity index (χ0n) is 11.3. The Bertz CT molecular complexity index is 695. The summed E-state index contributed by atoms with van der Waals surface area (Å²) < 4.78 is 27.1. The summed E-state index contributed by atoms with van der Waals surface area (Å²) in [7, 11) is -3.58. The van der Waals surface area contributed by atoms with Crippen molar-refractivity contribution in [1.82, 2.24) is 4.31 Å². The normalized spacial score (nSPS) is 19.8. The molecule has 21 heavy (non-hydrogen) atoms. The summed E-state index contributed by atoms with van der Waals surface area (Å²) >= 11 is 6.98. The maximum atomic E-state index is 12.5. The molecular weight excluding hydrogens is 334 g/mol. The molecule has 1 unspecified atom stereocenters. The molecule has 0 aliphatic carbocycles. The number of halogens is 1. The van der Waals surface area contributed by atoms with E-state index in [1.165, 1.54) is 4.31 Å². The van der Waals surface area contributed by atoms with E-state index in [-0.39, 0.29) is 16.7 Å². The van der Waals surface area contributed by atoms with Gasteiger partial charge in [0.05, 0.1) is 4.34 Å². The second-order valence-electron chi connectivity index (χ2n) is 4.80. The van der Waals surface area contributed by atoms with Gasteiger partial charge in [0.1, 0.15) is 4.21 Å². The number of rotatable bonds is 2. The number of carboxylic acids is 1. The summed E-state index contributed by atoms with van der Waals surface area (Å²) in [4.78, 5) is 10.5. The van der Waals surface area contributed by atoms with Gasteiger partial charge in [-0.3, -0.25) is 0 Å². The van der Waals surface area contributed by atoms with Gasteiger partial charge in [-0.05, 0) is 31.4 Å². The topological polar surface area (TPSA) is 74.7 Å². The van der Waals surface area contributed by atoms with Gasteiger partial charge in [-0.15, -0.1) is 11.3 Å². The first kappa shape index (κ1) is 16.3. The van der Waals surface area contributed by atoms with Crippen LogP contribution in [0.4, 0.5) is 0 Å². The Kier molecular flexibility index (Phi) is 4.94. The smallest absolute Gasteiger partial charge is 0.381 e. The second kappa shape index (κ2) is 6.36. The number of aliphatic carboxylic acids is 1. The standard InChI is InChI=1S/C13H14ClNO4S2/c1-9-7-12(20-13(9)14)21(18,19)15-6-2-3-10(8-15)4-5-11(16)17/h7,10H,2-3,6,8H2,1H3,(H,16,17). The monoisotopic (exact) mass is 347 g/mol. The van der Waals surface area contributed by atoms with Gasteiger partial charge in [0.25, 0.3) is 10.0 Å². The second-order valence-corrected chi connectivity index (χ2v) is 8.62. The van der Waals surface area contributed by atoms with Crippen LogP contribution in [-0.2, 0) is 14.8 Å². The molecule has 2 heterocycles. The highest BCUT2D eigenvalue weighted by molar-refractivity contribution is 7.91. The third-order valence-electron chi connectivity index (χ3n) is 3.20. The highest BCUT2D eigenvalue weighted by Crippen LogP contribution is 2.33. The molecule has 1 aliphatic rings.